The zero-order valence-electron chi connectivity index (χ0n) is 8.12. The molecule has 1 aromatic rings. The summed E-state index contributed by atoms with van der Waals surface area (Å²) in [6, 6.07) is 6.46. The van der Waals surface area contributed by atoms with Gasteiger partial charge in [0, 0.05) is 29.6 Å². The molecule has 0 aliphatic heterocycles. The molecular formula is C8H8NNaO3PS. The molecule has 0 aliphatic rings. The number of hydrogen-bond donors (Lipinski definition) is 2. The number of rotatable bonds is 3. The summed E-state index contributed by atoms with van der Waals surface area (Å²) in [5.74, 6) is 0. The maximum Gasteiger partial charge on any atom is 0.329 e. The molecule has 4 nitrogen and oxygen atoms in total. The fourth-order valence-electron chi connectivity index (χ4n) is 0.966. The van der Waals surface area contributed by atoms with Gasteiger partial charge in [0.05, 0.1) is 17.0 Å². The molecule has 1 radical (unpaired) electrons. The molecule has 0 aromatic heterocycles. The second-order valence-electron chi connectivity index (χ2n) is 2.69. The Morgan fingerprint density at radius 2 is 1.87 bits per heavy atom. The van der Waals surface area contributed by atoms with Crippen molar-refractivity contribution >= 4 is 60.2 Å². The van der Waals surface area contributed by atoms with E-state index >= 15 is 0 Å². The molecule has 0 amide bonds. The van der Waals surface area contributed by atoms with Crippen LogP contribution in [0.5, 0.6) is 0 Å². The van der Waals surface area contributed by atoms with Gasteiger partial charge in [-0.25, -0.2) is 0 Å². The van der Waals surface area contributed by atoms with E-state index in [9.17, 15) is 4.57 Å². The van der Waals surface area contributed by atoms with Crippen molar-refractivity contribution in [3.8, 4) is 0 Å². The van der Waals surface area contributed by atoms with E-state index in [2.05, 4.69) is 22.4 Å². The molecule has 0 heterocycles. The normalized spacial score (nSPS) is 10.0. The molecule has 0 saturated heterocycles. The SMILES string of the molecule is O=P(O)(O)Cc1ccc(N=C=S)cc1.[Na]. The molecule has 1 aromatic carbocycles. The van der Waals surface area contributed by atoms with Gasteiger partial charge in [0.2, 0.25) is 0 Å². The molecule has 2 N–H and O–H groups in total. The Morgan fingerprint density at radius 1 is 1.33 bits per heavy atom. The van der Waals surface area contributed by atoms with Gasteiger partial charge in [-0.15, -0.1) is 0 Å². The van der Waals surface area contributed by atoms with Crippen molar-refractivity contribution in [2.75, 3.05) is 0 Å². The van der Waals surface area contributed by atoms with Crippen LogP contribution in [0.3, 0.4) is 0 Å². The van der Waals surface area contributed by atoms with E-state index in [0.29, 0.717) is 11.3 Å². The Balaban J connectivity index is 0.00000196. The smallest absolute Gasteiger partial charge is 0.324 e. The minimum atomic E-state index is -3.98. The van der Waals surface area contributed by atoms with Crippen molar-refractivity contribution in [3.63, 3.8) is 0 Å². The summed E-state index contributed by atoms with van der Waals surface area (Å²) < 4.78 is 10.7. The number of isothiocyanates is 1. The number of nitrogens with zero attached hydrogens (tertiary/aromatic N) is 1. The summed E-state index contributed by atoms with van der Waals surface area (Å²) >= 11 is 4.41. The van der Waals surface area contributed by atoms with Crippen LogP contribution in [-0.2, 0) is 10.7 Å². The zero-order valence-corrected chi connectivity index (χ0v) is 11.8. The van der Waals surface area contributed by atoms with Crippen LogP contribution >= 0.6 is 19.8 Å². The Hall–Kier alpha value is 0.170. The molecule has 7 heteroatoms. The van der Waals surface area contributed by atoms with Gasteiger partial charge in [-0.2, -0.15) is 4.99 Å². The summed E-state index contributed by atoms with van der Waals surface area (Å²) in [4.78, 5) is 21.1. The van der Waals surface area contributed by atoms with Gasteiger partial charge in [0.25, 0.3) is 0 Å². The second kappa shape index (κ2) is 6.69. The number of aliphatic imine (C=N–C) groups is 1. The summed E-state index contributed by atoms with van der Waals surface area (Å²) in [5.41, 5.74) is 1.19. The van der Waals surface area contributed by atoms with E-state index < -0.39 is 7.60 Å². The predicted molar refractivity (Wildman–Crippen MR) is 62.6 cm³/mol. The van der Waals surface area contributed by atoms with E-state index in [4.69, 9.17) is 9.79 Å². The summed E-state index contributed by atoms with van der Waals surface area (Å²) in [6.07, 6.45) is -0.255. The molecule has 15 heavy (non-hydrogen) atoms. The minimum absolute atomic E-state index is 0. The van der Waals surface area contributed by atoms with E-state index in [0.717, 1.165) is 0 Å². The first-order chi connectivity index (χ1) is 6.51. The topological polar surface area (TPSA) is 69.9 Å². The first-order valence-corrected chi connectivity index (χ1v) is 5.93. The molecule has 0 spiro atoms. The van der Waals surface area contributed by atoms with E-state index in [-0.39, 0.29) is 35.7 Å². The summed E-state index contributed by atoms with van der Waals surface area (Å²) in [5, 5.41) is 2.21. The maximum atomic E-state index is 10.7. The van der Waals surface area contributed by atoms with Gasteiger partial charge in [-0.05, 0) is 29.9 Å². The summed E-state index contributed by atoms with van der Waals surface area (Å²) in [7, 11) is -3.98. The van der Waals surface area contributed by atoms with Gasteiger partial charge in [-0.3, -0.25) is 4.57 Å². The van der Waals surface area contributed by atoms with Crippen LogP contribution in [0.4, 0.5) is 5.69 Å². The van der Waals surface area contributed by atoms with Crippen LogP contribution in [0.1, 0.15) is 5.56 Å². The molecule has 1 rings (SSSR count). The largest absolute Gasteiger partial charge is 0.329 e. The first kappa shape index (κ1) is 15.2. The average Bonchev–Trinajstić information content (AvgIpc) is 2.06. The molecule has 0 fully saturated rings. The van der Waals surface area contributed by atoms with Crippen LogP contribution in [0.25, 0.3) is 0 Å². The standard InChI is InChI=1S/C8H8NO3PS.Na/c10-13(11,12)5-7-1-3-8(4-2-7)9-6-14;/h1-4H,5H2,(H2,10,11,12);. The Bertz CT molecular complexity index is 410. The fourth-order valence-corrected chi connectivity index (χ4v) is 1.76. The van der Waals surface area contributed by atoms with Crippen LogP contribution in [0.2, 0.25) is 0 Å². The van der Waals surface area contributed by atoms with Gasteiger partial charge in [-0.1, -0.05) is 12.1 Å². The van der Waals surface area contributed by atoms with Crippen molar-refractivity contribution in [2.45, 2.75) is 6.16 Å². The minimum Gasteiger partial charge on any atom is -0.324 e. The van der Waals surface area contributed by atoms with E-state index in [1.807, 2.05) is 0 Å². The van der Waals surface area contributed by atoms with Crippen LogP contribution in [-0.4, -0.2) is 44.5 Å². The zero-order chi connectivity index (χ0) is 10.6. The first-order valence-electron chi connectivity index (χ1n) is 3.73. The molecule has 0 bridgehead atoms. The van der Waals surface area contributed by atoms with E-state index in [1.165, 1.54) is 0 Å². The Kier molecular flexibility index (Phi) is 6.76. The summed E-state index contributed by atoms with van der Waals surface area (Å²) in [6.45, 7) is 0. The van der Waals surface area contributed by atoms with Gasteiger partial charge in [0.1, 0.15) is 0 Å². The van der Waals surface area contributed by atoms with Crippen LogP contribution in [0.15, 0.2) is 29.3 Å². The molecule has 0 atom stereocenters. The van der Waals surface area contributed by atoms with Gasteiger partial charge >= 0.3 is 7.60 Å². The number of benzene rings is 1. The maximum absolute atomic E-state index is 10.7. The quantitative estimate of drug-likeness (QED) is 0.372. The van der Waals surface area contributed by atoms with Crippen LogP contribution in [0, 0.1) is 0 Å². The van der Waals surface area contributed by atoms with Crippen molar-refractivity contribution in [1.29, 1.82) is 0 Å². The van der Waals surface area contributed by atoms with Crippen molar-refractivity contribution < 1.29 is 14.4 Å². The van der Waals surface area contributed by atoms with Crippen molar-refractivity contribution in [2.24, 2.45) is 4.99 Å². The second-order valence-corrected chi connectivity index (χ2v) is 4.52. The number of hydrogen-bond acceptors (Lipinski definition) is 3. The third-order valence-electron chi connectivity index (χ3n) is 1.50. The Morgan fingerprint density at radius 3 is 2.27 bits per heavy atom. The monoisotopic (exact) mass is 252 g/mol. The van der Waals surface area contributed by atoms with E-state index in [1.54, 1.807) is 24.3 Å². The van der Waals surface area contributed by atoms with Crippen molar-refractivity contribution in [3.05, 3.63) is 29.8 Å². The van der Waals surface area contributed by atoms with Gasteiger partial charge in [0.15, 0.2) is 0 Å². The van der Waals surface area contributed by atoms with Crippen LogP contribution < -0.4 is 0 Å². The number of thiocarbonyl (C=S) groups is 1. The third kappa shape index (κ3) is 6.36. The third-order valence-corrected chi connectivity index (χ3v) is 2.37. The average molecular weight is 252 g/mol. The molecule has 0 unspecified atom stereocenters. The fraction of sp³-hybridized carbons (Fsp3) is 0.125. The molecule has 0 aliphatic carbocycles. The molecular weight excluding hydrogens is 244 g/mol. The molecule has 0 saturated carbocycles. The van der Waals surface area contributed by atoms with Crippen molar-refractivity contribution in [1.82, 2.24) is 0 Å². The Labute approximate surface area is 115 Å². The van der Waals surface area contributed by atoms with Gasteiger partial charge < -0.3 is 9.79 Å². The molecule has 75 valence electrons. The predicted octanol–water partition coefficient (Wildman–Crippen LogP) is 1.72.